The van der Waals surface area contributed by atoms with E-state index in [1.807, 2.05) is 43.3 Å². The van der Waals surface area contributed by atoms with E-state index in [1.165, 1.54) is 6.08 Å². The van der Waals surface area contributed by atoms with Crippen LogP contribution in [0.3, 0.4) is 0 Å². The first-order valence-electron chi connectivity index (χ1n) is 7.85. The quantitative estimate of drug-likeness (QED) is 0.797. The first-order valence-corrected chi connectivity index (χ1v) is 7.85. The van der Waals surface area contributed by atoms with Crippen LogP contribution in [0.15, 0.2) is 54.6 Å². The number of nitrogens with zero attached hydrogens (tertiary/aromatic N) is 1. The number of rotatable bonds is 6. The number of amides is 2. The van der Waals surface area contributed by atoms with E-state index in [4.69, 9.17) is 5.26 Å². The second-order valence-corrected chi connectivity index (χ2v) is 5.55. The first-order chi connectivity index (χ1) is 12.1. The van der Waals surface area contributed by atoms with Crippen LogP contribution in [0.5, 0.6) is 0 Å². The van der Waals surface area contributed by atoms with Gasteiger partial charge in [0, 0.05) is 18.3 Å². The molecule has 2 aromatic rings. The highest BCUT2D eigenvalue weighted by Gasteiger charge is 2.01. The van der Waals surface area contributed by atoms with Crippen molar-refractivity contribution in [3.8, 4) is 6.07 Å². The zero-order valence-electron chi connectivity index (χ0n) is 14.0. The molecule has 0 radical (unpaired) electrons. The van der Waals surface area contributed by atoms with Gasteiger partial charge in [0.15, 0.2) is 0 Å². The maximum Gasteiger partial charge on any atom is 0.248 e. The summed E-state index contributed by atoms with van der Waals surface area (Å²) in [6.45, 7) is 2.35. The first kappa shape index (κ1) is 18.0. The van der Waals surface area contributed by atoms with Gasteiger partial charge in [-0.1, -0.05) is 42.0 Å². The zero-order valence-corrected chi connectivity index (χ0v) is 14.0. The van der Waals surface area contributed by atoms with Crippen LogP contribution in [-0.4, -0.2) is 11.8 Å². The molecule has 0 unspecified atom stereocenters. The molecule has 0 aliphatic rings. The van der Waals surface area contributed by atoms with E-state index in [1.54, 1.807) is 24.3 Å². The molecule has 0 spiro atoms. The second kappa shape index (κ2) is 9.04. The summed E-state index contributed by atoms with van der Waals surface area (Å²) in [4.78, 5) is 23.2. The fourth-order valence-electron chi connectivity index (χ4n) is 2.17. The van der Waals surface area contributed by atoms with Gasteiger partial charge in [0.2, 0.25) is 11.8 Å². The molecule has 0 saturated carbocycles. The van der Waals surface area contributed by atoms with E-state index >= 15 is 0 Å². The van der Waals surface area contributed by atoms with Gasteiger partial charge in [-0.3, -0.25) is 9.59 Å². The fraction of sp³-hybridized carbons (Fsp3) is 0.150. The van der Waals surface area contributed by atoms with Gasteiger partial charge in [-0.05, 0) is 36.3 Å². The van der Waals surface area contributed by atoms with Gasteiger partial charge in [0.05, 0.1) is 6.07 Å². The smallest absolute Gasteiger partial charge is 0.248 e. The molecular formula is C20H19N3O2. The Morgan fingerprint density at radius 3 is 2.60 bits per heavy atom. The number of hydrogen-bond donors (Lipinski definition) is 2. The van der Waals surface area contributed by atoms with Crippen molar-refractivity contribution in [2.45, 2.75) is 19.9 Å². The van der Waals surface area contributed by atoms with Gasteiger partial charge in [-0.2, -0.15) is 5.26 Å². The predicted molar refractivity (Wildman–Crippen MR) is 97.4 cm³/mol. The van der Waals surface area contributed by atoms with Crippen LogP contribution >= 0.6 is 0 Å². The average Bonchev–Trinajstić information content (AvgIpc) is 2.60. The minimum Gasteiger partial charge on any atom is -0.351 e. The SMILES string of the molecule is Cc1cccc(/C=C/C(=O)Nc2ccc(CNC(=O)CC#N)cc2)c1. The van der Waals surface area contributed by atoms with E-state index < -0.39 is 0 Å². The molecule has 2 N–H and O–H groups in total. The summed E-state index contributed by atoms with van der Waals surface area (Å²) in [5, 5.41) is 13.9. The lowest BCUT2D eigenvalue weighted by Gasteiger charge is -2.06. The number of anilines is 1. The molecule has 126 valence electrons. The summed E-state index contributed by atoms with van der Waals surface area (Å²) in [6.07, 6.45) is 3.10. The summed E-state index contributed by atoms with van der Waals surface area (Å²) in [5.74, 6) is -0.516. The topological polar surface area (TPSA) is 82.0 Å². The largest absolute Gasteiger partial charge is 0.351 e. The Morgan fingerprint density at radius 1 is 1.16 bits per heavy atom. The lowest BCUT2D eigenvalue weighted by Crippen LogP contribution is -2.21. The van der Waals surface area contributed by atoms with Crippen LogP contribution < -0.4 is 10.6 Å². The number of carbonyl (C=O) groups excluding carboxylic acids is 2. The third-order valence-corrected chi connectivity index (χ3v) is 3.42. The summed E-state index contributed by atoms with van der Waals surface area (Å²) in [6, 6.07) is 16.8. The number of aryl methyl sites for hydroxylation is 1. The average molecular weight is 333 g/mol. The molecule has 25 heavy (non-hydrogen) atoms. The summed E-state index contributed by atoms with van der Waals surface area (Å²) < 4.78 is 0. The van der Waals surface area contributed by atoms with Gasteiger partial charge in [0.1, 0.15) is 6.42 Å². The third kappa shape index (κ3) is 6.32. The summed E-state index contributed by atoms with van der Waals surface area (Å²) in [7, 11) is 0. The van der Waals surface area contributed by atoms with Crippen molar-refractivity contribution in [3.63, 3.8) is 0 Å². The fourth-order valence-corrected chi connectivity index (χ4v) is 2.17. The Bertz CT molecular complexity index is 818. The van der Waals surface area contributed by atoms with Gasteiger partial charge < -0.3 is 10.6 Å². The molecule has 2 rings (SSSR count). The Balaban J connectivity index is 1.87. The molecule has 0 heterocycles. The van der Waals surface area contributed by atoms with E-state index in [0.717, 1.165) is 16.7 Å². The standard InChI is InChI=1S/C20H19N3O2/c1-15-3-2-4-16(13-15)7-10-20(25)23-18-8-5-17(6-9-18)14-22-19(24)11-12-21/h2-10,13H,11,14H2,1H3,(H,22,24)(H,23,25)/b10-7+. The highest BCUT2D eigenvalue weighted by atomic mass is 16.2. The molecular weight excluding hydrogens is 314 g/mol. The van der Waals surface area contributed by atoms with Crippen molar-refractivity contribution >= 4 is 23.6 Å². The highest BCUT2D eigenvalue weighted by Crippen LogP contribution is 2.10. The summed E-state index contributed by atoms with van der Waals surface area (Å²) >= 11 is 0. The van der Waals surface area contributed by atoms with E-state index in [0.29, 0.717) is 12.2 Å². The van der Waals surface area contributed by atoms with Crippen LogP contribution in [0, 0.1) is 18.3 Å². The van der Waals surface area contributed by atoms with Crippen LogP contribution in [0.2, 0.25) is 0 Å². The summed E-state index contributed by atoms with van der Waals surface area (Å²) in [5.41, 5.74) is 3.67. The van der Waals surface area contributed by atoms with Crippen molar-refractivity contribution in [1.29, 1.82) is 5.26 Å². The Morgan fingerprint density at radius 2 is 1.92 bits per heavy atom. The molecule has 2 aromatic carbocycles. The molecule has 0 saturated heterocycles. The normalized spacial score (nSPS) is 10.2. The number of benzene rings is 2. The number of nitrogens with one attached hydrogen (secondary N) is 2. The lowest BCUT2D eigenvalue weighted by atomic mass is 10.1. The van der Waals surface area contributed by atoms with Crippen molar-refractivity contribution in [1.82, 2.24) is 5.32 Å². The number of hydrogen-bond acceptors (Lipinski definition) is 3. The van der Waals surface area contributed by atoms with Crippen LogP contribution in [-0.2, 0) is 16.1 Å². The monoisotopic (exact) mass is 333 g/mol. The Labute approximate surface area is 147 Å². The molecule has 5 heteroatoms. The van der Waals surface area contributed by atoms with Crippen LogP contribution in [0.1, 0.15) is 23.1 Å². The molecule has 2 amide bonds. The number of nitriles is 1. The van der Waals surface area contributed by atoms with Gasteiger partial charge in [0.25, 0.3) is 0 Å². The molecule has 0 aliphatic carbocycles. The van der Waals surface area contributed by atoms with E-state index in [2.05, 4.69) is 10.6 Å². The van der Waals surface area contributed by atoms with Crippen molar-refractivity contribution < 1.29 is 9.59 Å². The molecule has 5 nitrogen and oxygen atoms in total. The van der Waals surface area contributed by atoms with Crippen LogP contribution in [0.4, 0.5) is 5.69 Å². The molecule has 0 fully saturated rings. The van der Waals surface area contributed by atoms with Crippen molar-refractivity contribution in [2.75, 3.05) is 5.32 Å². The van der Waals surface area contributed by atoms with Gasteiger partial charge >= 0.3 is 0 Å². The maximum atomic E-state index is 12.0. The van der Waals surface area contributed by atoms with E-state index in [-0.39, 0.29) is 18.2 Å². The lowest BCUT2D eigenvalue weighted by molar-refractivity contribution is -0.120. The molecule has 0 atom stereocenters. The number of carbonyl (C=O) groups is 2. The molecule has 0 bridgehead atoms. The highest BCUT2D eigenvalue weighted by molar-refractivity contribution is 6.01. The van der Waals surface area contributed by atoms with E-state index in [9.17, 15) is 9.59 Å². The van der Waals surface area contributed by atoms with Crippen LogP contribution in [0.25, 0.3) is 6.08 Å². The maximum absolute atomic E-state index is 12.0. The van der Waals surface area contributed by atoms with Gasteiger partial charge in [-0.15, -0.1) is 0 Å². The van der Waals surface area contributed by atoms with Gasteiger partial charge in [-0.25, -0.2) is 0 Å². The minimum absolute atomic E-state index is 0.151. The van der Waals surface area contributed by atoms with Crippen molar-refractivity contribution in [3.05, 3.63) is 71.3 Å². The second-order valence-electron chi connectivity index (χ2n) is 5.55. The molecule has 0 aliphatic heterocycles. The van der Waals surface area contributed by atoms with Crippen molar-refractivity contribution in [2.24, 2.45) is 0 Å². The predicted octanol–water partition coefficient (Wildman–Crippen LogP) is 3.18. The molecule has 0 aromatic heterocycles. The minimum atomic E-state index is -0.304. The Hall–Kier alpha value is -3.39. The third-order valence-electron chi connectivity index (χ3n) is 3.42. The Kier molecular flexibility index (Phi) is 6.49. The zero-order chi connectivity index (χ0) is 18.1.